The van der Waals surface area contributed by atoms with Gasteiger partial charge in [0.15, 0.2) is 0 Å². The molecule has 3 N–H and O–H groups in total. The van der Waals surface area contributed by atoms with Crippen molar-refractivity contribution in [1.29, 1.82) is 0 Å². The van der Waals surface area contributed by atoms with Gasteiger partial charge in [-0.25, -0.2) is 17.5 Å². The monoisotopic (exact) mass is 272 g/mol. The zero-order valence-corrected chi connectivity index (χ0v) is 11.0. The van der Waals surface area contributed by atoms with E-state index in [1.807, 2.05) is 0 Å². The van der Waals surface area contributed by atoms with Gasteiger partial charge in [-0.15, -0.1) is 0 Å². The number of hydrogen-bond acceptors (Lipinski definition) is 3. The minimum Gasteiger partial charge on any atom is -0.329 e. The van der Waals surface area contributed by atoms with Crippen LogP contribution < -0.4 is 10.5 Å². The van der Waals surface area contributed by atoms with Crippen molar-refractivity contribution in [2.75, 3.05) is 6.54 Å². The predicted octanol–water partition coefficient (Wildman–Crippen LogP) is 1.15. The Bertz CT molecular complexity index is 521. The first-order valence-corrected chi connectivity index (χ1v) is 7.40. The average Bonchev–Trinajstić information content (AvgIpc) is 3.08. The third-order valence-electron chi connectivity index (χ3n) is 3.08. The molecule has 0 bridgehead atoms. The molecular formula is C12H17FN2O2S. The van der Waals surface area contributed by atoms with Gasteiger partial charge in [0.1, 0.15) is 5.82 Å². The van der Waals surface area contributed by atoms with Gasteiger partial charge >= 0.3 is 0 Å². The highest BCUT2D eigenvalue weighted by molar-refractivity contribution is 7.89. The van der Waals surface area contributed by atoms with E-state index in [0.29, 0.717) is 11.5 Å². The Balaban J connectivity index is 2.23. The van der Waals surface area contributed by atoms with Crippen molar-refractivity contribution in [2.24, 2.45) is 11.7 Å². The third-order valence-corrected chi connectivity index (χ3v) is 4.55. The number of nitrogens with two attached hydrogens (primary N) is 1. The first-order valence-electron chi connectivity index (χ1n) is 5.92. The number of halogens is 1. The molecule has 0 spiro atoms. The molecule has 100 valence electrons. The van der Waals surface area contributed by atoms with Crippen molar-refractivity contribution in [3.8, 4) is 0 Å². The molecule has 0 saturated heterocycles. The Morgan fingerprint density at radius 3 is 2.61 bits per heavy atom. The van der Waals surface area contributed by atoms with Gasteiger partial charge in [-0.2, -0.15) is 0 Å². The SMILES string of the molecule is Cc1cc(F)cc(S(=O)(=O)N[C@@H](CN)C2CC2)c1. The third kappa shape index (κ3) is 3.07. The summed E-state index contributed by atoms with van der Waals surface area (Å²) in [6.07, 6.45) is 1.99. The molecule has 1 aliphatic rings. The molecule has 0 radical (unpaired) electrons. The second kappa shape index (κ2) is 4.95. The standard InChI is InChI=1S/C12H17FN2O2S/c1-8-4-10(13)6-11(5-8)18(16,17)15-12(7-14)9-2-3-9/h4-6,9,12,15H,2-3,7,14H2,1H3/t12-/m0/s1. The van der Waals surface area contributed by atoms with Crippen molar-refractivity contribution in [3.63, 3.8) is 0 Å². The molecule has 18 heavy (non-hydrogen) atoms. The predicted molar refractivity (Wildman–Crippen MR) is 67.0 cm³/mol. The molecule has 2 rings (SSSR count). The van der Waals surface area contributed by atoms with Crippen molar-refractivity contribution < 1.29 is 12.8 Å². The van der Waals surface area contributed by atoms with Crippen molar-refractivity contribution in [1.82, 2.24) is 4.72 Å². The van der Waals surface area contributed by atoms with E-state index < -0.39 is 15.8 Å². The van der Waals surface area contributed by atoms with Crippen molar-refractivity contribution in [2.45, 2.75) is 30.7 Å². The summed E-state index contributed by atoms with van der Waals surface area (Å²) in [6.45, 7) is 1.92. The average molecular weight is 272 g/mol. The Hall–Kier alpha value is -0.980. The van der Waals surface area contributed by atoms with E-state index in [2.05, 4.69) is 4.72 Å². The van der Waals surface area contributed by atoms with Crippen LogP contribution in [0.15, 0.2) is 23.1 Å². The van der Waals surface area contributed by atoms with Crippen molar-refractivity contribution in [3.05, 3.63) is 29.6 Å². The number of hydrogen-bond donors (Lipinski definition) is 2. The summed E-state index contributed by atoms with van der Waals surface area (Å²) < 4.78 is 40.0. The lowest BCUT2D eigenvalue weighted by Crippen LogP contribution is -2.41. The van der Waals surface area contributed by atoms with Crippen LogP contribution >= 0.6 is 0 Å². The van der Waals surface area contributed by atoms with E-state index in [1.54, 1.807) is 6.92 Å². The normalized spacial score (nSPS) is 17.7. The summed E-state index contributed by atoms with van der Waals surface area (Å²) in [5.74, 6) is -0.231. The fraction of sp³-hybridized carbons (Fsp3) is 0.500. The molecule has 1 atom stereocenters. The highest BCUT2D eigenvalue weighted by Gasteiger charge is 2.33. The number of rotatable bonds is 5. The van der Waals surface area contributed by atoms with Gasteiger partial charge in [-0.3, -0.25) is 0 Å². The van der Waals surface area contributed by atoms with Crippen LogP contribution in [-0.2, 0) is 10.0 Å². The summed E-state index contributed by atoms with van der Waals surface area (Å²) in [7, 11) is -3.69. The van der Waals surface area contributed by atoms with Crippen molar-refractivity contribution >= 4 is 10.0 Å². The van der Waals surface area contributed by atoms with Gasteiger partial charge in [0.25, 0.3) is 0 Å². The van der Waals surface area contributed by atoms with E-state index in [-0.39, 0.29) is 17.5 Å². The maximum Gasteiger partial charge on any atom is 0.240 e. The van der Waals surface area contributed by atoms with Crippen LogP contribution in [0.5, 0.6) is 0 Å². The molecule has 4 nitrogen and oxygen atoms in total. The Labute approximate surface area is 106 Å². The Morgan fingerprint density at radius 1 is 1.44 bits per heavy atom. The van der Waals surface area contributed by atoms with E-state index in [0.717, 1.165) is 18.9 Å². The molecule has 1 aromatic rings. The minimum absolute atomic E-state index is 0.0425. The molecule has 1 aliphatic carbocycles. The highest BCUT2D eigenvalue weighted by Crippen LogP contribution is 2.32. The van der Waals surface area contributed by atoms with Crippen LogP contribution in [0.2, 0.25) is 0 Å². The maximum absolute atomic E-state index is 13.2. The number of nitrogens with one attached hydrogen (secondary N) is 1. The molecule has 0 heterocycles. The summed E-state index contributed by atoms with van der Waals surface area (Å²) in [6, 6.07) is 3.51. The molecule has 1 aromatic carbocycles. The Kier molecular flexibility index (Phi) is 3.70. The highest BCUT2D eigenvalue weighted by atomic mass is 32.2. The van der Waals surface area contributed by atoms with Crippen LogP contribution in [-0.4, -0.2) is 21.0 Å². The van der Waals surface area contributed by atoms with Crippen LogP contribution in [0.25, 0.3) is 0 Å². The smallest absolute Gasteiger partial charge is 0.240 e. The molecular weight excluding hydrogens is 255 g/mol. The first-order chi connectivity index (χ1) is 8.42. The van der Waals surface area contributed by atoms with Gasteiger partial charge in [0.2, 0.25) is 10.0 Å². The lowest BCUT2D eigenvalue weighted by molar-refractivity contribution is 0.518. The number of aryl methyl sites for hydroxylation is 1. The van der Waals surface area contributed by atoms with Crippen LogP contribution in [0, 0.1) is 18.7 Å². The van der Waals surface area contributed by atoms with Crippen LogP contribution in [0.1, 0.15) is 18.4 Å². The summed E-state index contributed by atoms with van der Waals surface area (Å²) in [4.78, 5) is -0.0425. The van der Waals surface area contributed by atoms with E-state index in [1.165, 1.54) is 12.1 Å². The van der Waals surface area contributed by atoms with E-state index in [9.17, 15) is 12.8 Å². The molecule has 1 fully saturated rings. The topological polar surface area (TPSA) is 72.2 Å². The van der Waals surface area contributed by atoms with Crippen LogP contribution in [0.3, 0.4) is 0 Å². The summed E-state index contributed by atoms with van der Waals surface area (Å²) >= 11 is 0. The fourth-order valence-electron chi connectivity index (χ4n) is 1.96. The summed E-state index contributed by atoms with van der Waals surface area (Å²) in [5.41, 5.74) is 6.13. The lowest BCUT2D eigenvalue weighted by atomic mass is 10.2. The molecule has 0 amide bonds. The van der Waals surface area contributed by atoms with E-state index >= 15 is 0 Å². The summed E-state index contributed by atoms with van der Waals surface area (Å²) in [5, 5.41) is 0. The molecule has 1 saturated carbocycles. The number of benzene rings is 1. The quantitative estimate of drug-likeness (QED) is 0.844. The molecule has 0 aromatic heterocycles. The molecule has 0 aliphatic heterocycles. The zero-order valence-electron chi connectivity index (χ0n) is 10.2. The lowest BCUT2D eigenvalue weighted by Gasteiger charge is -2.16. The molecule has 6 heteroatoms. The second-order valence-electron chi connectivity index (χ2n) is 4.77. The first kappa shape index (κ1) is 13.5. The van der Waals surface area contributed by atoms with Gasteiger partial charge in [0.05, 0.1) is 4.90 Å². The van der Waals surface area contributed by atoms with E-state index in [4.69, 9.17) is 5.73 Å². The van der Waals surface area contributed by atoms with Gasteiger partial charge in [0, 0.05) is 12.6 Å². The second-order valence-corrected chi connectivity index (χ2v) is 6.48. The largest absolute Gasteiger partial charge is 0.329 e. The maximum atomic E-state index is 13.2. The fourth-order valence-corrected chi connectivity index (χ4v) is 3.39. The van der Waals surface area contributed by atoms with Gasteiger partial charge in [-0.05, 0) is 49.4 Å². The van der Waals surface area contributed by atoms with Crippen LogP contribution in [0.4, 0.5) is 4.39 Å². The zero-order chi connectivity index (χ0) is 13.3. The Morgan fingerprint density at radius 2 is 2.11 bits per heavy atom. The van der Waals surface area contributed by atoms with Gasteiger partial charge in [-0.1, -0.05) is 0 Å². The number of sulfonamides is 1. The minimum atomic E-state index is -3.69. The molecule has 0 unspecified atom stereocenters. The van der Waals surface area contributed by atoms with Gasteiger partial charge < -0.3 is 5.73 Å².